The van der Waals surface area contributed by atoms with E-state index in [1.165, 1.54) is 24.0 Å². The highest BCUT2D eigenvalue weighted by Gasteiger charge is 2.36. The first-order valence-electron chi connectivity index (χ1n) is 7.70. The monoisotopic (exact) mass is 292 g/mol. The number of hydrogen-bond acceptors (Lipinski definition) is 3. The normalized spacial score (nSPS) is 26.4. The highest BCUT2D eigenvalue weighted by atomic mass is 35.5. The second-order valence-electron chi connectivity index (χ2n) is 6.23. The maximum absolute atomic E-state index is 6.27. The van der Waals surface area contributed by atoms with Crippen LogP contribution in [0, 0.1) is 5.92 Å². The molecule has 2 aliphatic heterocycles. The second-order valence-corrected chi connectivity index (χ2v) is 6.67. The number of rotatable bonds is 3. The van der Waals surface area contributed by atoms with Gasteiger partial charge in [0.05, 0.1) is 6.61 Å². The van der Waals surface area contributed by atoms with Gasteiger partial charge in [0, 0.05) is 49.2 Å². The molecule has 0 amide bonds. The van der Waals surface area contributed by atoms with Crippen LogP contribution in [-0.4, -0.2) is 37.2 Å². The maximum Gasteiger partial charge on any atom is 0.127 e. The molecule has 2 heterocycles. The van der Waals surface area contributed by atoms with E-state index >= 15 is 0 Å². The van der Waals surface area contributed by atoms with Gasteiger partial charge < -0.3 is 10.1 Å². The van der Waals surface area contributed by atoms with Gasteiger partial charge in [0.25, 0.3) is 0 Å². The van der Waals surface area contributed by atoms with Gasteiger partial charge in [-0.3, -0.25) is 4.90 Å². The van der Waals surface area contributed by atoms with Crippen LogP contribution in [0.2, 0.25) is 5.02 Å². The molecular formula is C16H21ClN2O. The summed E-state index contributed by atoms with van der Waals surface area (Å²) in [6, 6.07) is 4.85. The minimum atomic E-state index is 0.694. The van der Waals surface area contributed by atoms with Crippen LogP contribution >= 0.6 is 11.6 Å². The van der Waals surface area contributed by atoms with E-state index in [1.54, 1.807) is 0 Å². The minimum Gasteiger partial charge on any atom is -0.493 e. The Morgan fingerprint density at radius 3 is 3.10 bits per heavy atom. The molecule has 0 spiro atoms. The fraction of sp³-hybridized carbons (Fsp3) is 0.625. The summed E-state index contributed by atoms with van der Waals surface area (Å²) in [5.41, 5.74) is 2.56. The van der Waals surface area contributed by atoms with Crippen molar-refractivity contribution in [3.63, 3.8) is 0 Å². The van der Waals surface area contributed by atoms with E-state index in [0.29, 0.717) is 6.04 Å². The first kappa shape index (κ1) is 12.9. The summed E-state index contributed by atoms with van der Waals surface area (Å²) >= 11 is 6.27. The summed E-state index contributed by atoms with van der Waals surface area (Å²) < 4.78 is 5.84. The van der Waals surface area contributed by atoms with Crippen molar-refractivity contribution in [1.82, 2.24) is 10.2 Å². The summed E-state index contributed by atoms with van der Waals surface area (Å²) in [7, 11) is 0. The van der Waals surface area contributed by atoms with Crippen LogP contribution in [0.5, 0.6) is 5.75 Å². The SMILES string of the molecule is Clc1cc2c(c(CN3CCNCC3C3CC3)c1)OCC2. The average molecular weight is 293 g/mol. The van der Waals surface area contributed by atoms with Crippen molar-refractivity contribution < 1.29 is 4.74 Å². The highest BCUT2D eigenvalue weighted by molar-refractivity contribution is 6.30. The number of benzene rings is 1. The van der Waals surface area contributed by atoms with E-state index in [9.17, 15) is 0 Å². The molecule has 108 valence electrons. The molecule has 1 saturated carbocycles. The number of piperazine rings is 1. The van der Waals surface area contributed by atoms with Crippen molar-refractivity contribution >= 4 is 11.6 Å². The minimum absolute atomic E-state index is 0.694. The number of ether oxygens (including phenoxy) is 1. The van der Waals surface area contributed by atoms with Gasteiger partial charge in [-0.05, 0) is 36.5 Å². The Morgan fingerprint density at radius 2 is 2.25 bits per heavy atom. The largest absolute Gasteiger partial charge is 0.493 e. The van der Waals surface area contributed by atoms with Crippen molar-refractivity contribution in [2.75, 3.05) is 26.2 Å². The molecule has 1 aromatic carbocycles. The van der Waals surface area contributed by atoms with Gasteiger partial charge in [0.1, 0.15) is 5.75 Å². The standard InChI is InChI=1S/C16H21ClN2O/c17-14-7-12-3-6-20-16(12)13(8-14)10-19-5-4-18-9-15(19)11-1-2-11/h7-8,11,15,18H,1-6,9-10H2. The molecule has 0 aromatic heterocycles. The Hall–Kier alpha value is -0.770. The lowest BCUT2D eigenvalue weighted by molar-refractivity contribution is 0.134. The predicted octanol–water partition coefficient (Wildman–Crippen LogP) is 2.46. The first-order valence-corrected chi connectivity index (χ1v) is 8.08. The molecule has 1 unspecified atom stereocenters. The molecule has 1 aliphatic carbocycles. The summed E-state index contributed by atoms with van der Waals surface area (Å²) in [5.74, 6) is 2.00. The Bertz CT molecular complexity index is 515. The van der Waals surface area contributed by atoms with E-state index in [4.69, 9.17) is 16.3 Å². The molecule has 4 heteroatoms. The van der Waals surface area contributed by atoms with Gasteiger partial charge in [0.2, 0.25) is 0 Å². The van der Waals surface area contributed by atoms with Crippen molar-refractivity contribution in [3.8, 4) is 5.75 Å². The second kappa shape index (κ2) is 5.21. The molecule has 3 aliphatic rings. The molecule has 2 fully saturated rings. The van der Waals surface area contributed by atoms with Crippen LogP contribution in [0.1, 0.15) is 24.0 Å². The molecule has 1 N–H and O–H groups in total. The molecule has 3 nitrogen and oxygen atoms in total. The molecule has 1 atom stereocenters. The van der Waals surface area contributed by atoms with E-state index in [2.05, 4.69) is 22.3 Å². The van der Waals surface area contributed by atoms with Crippen LogP contribution < -0.4 is 10.1 Å². The first-order chi connectivity index (χ1) is 9.81. The fourth-order valence-corrected chi connectivity index (χ4v) is 3.86. The Labute approximate surface area is 125 Å². The predicted molar refractivity (Wildman–Crippen MR) is 80.4 cm³/mol. The average Bonchev–Trinajstić information content (AvgIpc) is 3.18. The molecule has 20 heavy (non-hydrogen) atoms. The van der Waals surface area contributed by atoms with Gasteiger partial charge in [-0.15, -0.1) is 0 Å². The lowest BCUT2D eigenvalue weighted by Gasteiger charge is -2.36. The molecule has 0 radical (unpaired) electrons. The van der Waals surface area contributed by atoms with E-state index in [0.717, 1.165) is 55.9 Å². The van der Waals surface area contributed by atoms with Crippen LogP contribution in [0.25, 0.3) is 0 Å². The topological polar surface area (TPSA) is 24.5 Å². The smallest absolute Gasteiger partial charge is 0.127 e. The number of fused-ring (bicyclic) bond motifs is 1. The summed E-state index contributed by atoms with van der Waals surface area (Å²) in [6.45, 7) is 5.13. The van der Waals surface area contributed by atoms with E-state index in [-0.39, 0.29) is 0 Å². The lowest BCUT2D eigenvalue weighted by Crippen LogP contribution is -2.51. The molecule has 0 bridgehead atoms. The quantitative estimate of drug-likeness (QED) is 0.926. The highest BCUT2D eigenvalue weighted by Crippen LogP contribution is 2.38. The van der Waals surface area contributed by atoms with Crippen molar-refractivity contribution in [1.29, 1.82) is 0 Å². The molecule has 1 saturated heterocycles. The zero-order valence-corrected chi connectivity index (χ0v) is 12.5. The third-order valence-electron chi connectivity index (χ3n) is 4.76. The Balaban J connectivity index is 1.58. The zero-order valence-electron chi connectivity index (χ0n) is 11.7. The van der Waals surface area contributed by atoms with Crippen molar-refractivity contribution in [3.05, 3.63) is 28.3 Å². The van der Waals surface area contributed by atoms with Crippen molar-refractivity contribution in [2.45, 2.75) is 31.8 Å². The zero-order chi connectivity index (χ0) is 13.5. The number of nitrogens with zero attached hydrogens (tertiary/aromatic N) is 1. The third-order valence-corrected chi connectivity index (χ3v) is 4.98. The third kappa shape index (κ3) is 2.43. The van der Waals surface area contributed by atoms with Crippen LogP contribution in [-0.2, 0) is 13.0 Å². The van der Waals surface area contributed by atoms with Crippen LogP contribution in [0.4, 0.5) is 0 Å². The Morgan fingerprint density at radius 1 is 1.35 bits per heavy atom. The lowest BCUT2D eigenvalue weighted by atomic mass is 10.0. The number of hydrogen-bond donors (Lipinski definition) is 1. The van der Waals surface area contributed by atoms with E-state index in [1.807, 2.05) is 0 Å². The fourth-order valence-electron chi connectivity index (χ4n) is 3.59. The van der Waals surface area contributed by atoms with Gasteiger partial charge in [-0.1, -0.05) is 11.6 Å². The number of halogens is 1. The van der Waals surface area contributed by atoms with E-state index < -0.39 is 0 Å². The molecular weight excluding hydrogens is 272 g/mol. The number of nitrogens with one attached hydrogen (secondary N) is 1. The summed E-state index contributed by atoms with van der Waals surface area (Å²) in [4.78, 5) is 2.63. The van der Waals surface area contributed by atoms with Crippen molar-refractivity contribution in [2.24, 2.45) is 5.92 Å². The van der Waals surface area contributed by atoms with Crippen LogP contribution in [0.3, 0.4) is 0 Å². The Kier molecular flexibility index (Phi) is 3.37. The molecule has 1 aromatic rings. The van der Waals surface area contributed by atoms with Gasteiger partial charge in [-0.2, -0.15) is 0 Å². The maximum atomic E-state index is 6.27. The van der Waals surface area contributed by atoms with Gasteiger partial charge >= 0.3 is 0 Å². The summed E-state index contributed by atoms with van der Waals surface area (Å²) in [6.07, 6.45) is 3.79. The van der Waals surface area contributed by atoms with Gasteiger partial charge in [-0.25, -0.2) is 0 Å². The summed E-state index contributed by atoms with van der Waals surface area (Å²) in [5, 5.41) is 4.39. The van der Waals surface area contributed by atoms with Crippen LogP contribution in [0.15, 0.2) is 12.1 Å². The van der Waals surface area contributed by atoms with Gasteiger partial charge in [0.15, 0.2) is 0 Å². The molecule has 4 rings (SSSR count).